The van der Waals surface area contributed by atoms with Crippen molar-refractivity contribution in [2.24, 2.45) is 5.92 Å². The molecule has 0 saturated carbocycles. The molecule has 1 amide bonds. The van der Waals surface area contributed by atoms with Gasteiger partial charge in [0.05, 0.1) is 45.2 Å². The van der Waals surface area contributed by atoms with Crippen LogP contribution in [0.1, 0.15) is 22.3 Å². The molecule has 2 unspecified atom stereocenters. The fourth-order valence-electron chi connectivity index (χ4n) is 3.02. The molecular weight excluding hydrogens is 322 g/mol. The maximum absolute atomic E-state index is 12.8. The lowest BCUT2D eigenvalue weighted by molar-refractivity contribution is -0.857. The van der Waals surface area contributed by atoms with E-state index >= 15 is 0 Å². The van der Waals surface area contributed by atoms with Crippen molar-refractivity contribution in [2.45, 2.75) is 6.04 Å². The van der Waals surface area contributed by atoms with Crippen LogP contribution in [0.2, 0.25) is 0 Å². The van der Waals surface area contributed by atoms with Gasteiger partial charge in [-0.15, -0.1) is 0 Å². The number of quaternary nitrogens is 1. The Labute approximate surface area is 145 Å². The summed E-state index contributed by atoms with van der Waals surface area (Å²) in [7, 11) is 3.92. The molecule has 130 valence electrons. The monoisotopic (exact) mass is 342 g/mol. The second-order valence-electron chi connectivity index (χ2n) is 6.34. The van der Waals surface area contributed by atoms with Gasteiger partial charge in [-0.2, -0.15) is 0 Å². The third-order valence-electron chi connectivity index (χ3n) is 4.30. The lowest BCUT2D eigenvalue weighted by Crippen LogP contribution is -3.06. The standard InChI is InChI=1S/C18H19N3O4/c1-20(2)9-10-21-15(12-6-3-4-8-19-12)14(17(23)18(21)24)16(22)13-7-5-11-25-13/h3-8,11,14-15H,9-10H2,1-2H3/p+1. The van der Waals surface area contributed by atoms with Crippen molar-refractivity contribution in [3.05, 3.63) is 54.2 Å². The van der Waals surface area contributed by atoms with Crippen LogP contribution in [0.5, 0.6) is 0 Å². The molecule has 1 N–H and O–H groups in total. The van der Waals surface area contributed by atoms with Gasteiger partial charge in [0.25, 0.3) is 5.91 Å². The minimum absolute atomic E-state index is 0.0761. The normalized spacial score (nSPS) is 20.5. The Bertz CT molecular complexity index is 771. The topological polar surface area (TPSA) is 84.9 Å². The van der Waals surface area contributed by atoms with E-state index in [-0.39, 0.29) is 5.76 Å². The fourth-order valence-corrected chi connectivity index (χ4v) is 3.02. The Kier molecular flexibility index (Phi) is 4.76. The van der Waals surface area contributed by atoms with E-state index in [4.69, 9.17) is 4.42 Å². The fraction of sp³-hybridized carbons (Fsp3) is 0.333. The molecule has 3 rings (SSSR count). The summed E-state index contributed by atoms with van der Waals surface area (Å²) in [5, 5.41) is 0. The first kappa shape index (κ1) is 17.0. The van der Waals surface area contributed by atoms with Crippen molar-refractivity contribution in [1.29, 1.82) is 0 Å². The van der Waals surface area contributed by atoms with Gasteiger partial charge >= 0.3 is 0 Å². The highest BCUT2D eigenvalue weighted by molar-refractivity contribution is 6.43. The van der Waals surface area contributed by atoms with Gasteiger partial charge in [-0.25, -0.2) is 0 Å². The van der Waals surface area contributed by atoms with Crippen LogP contribution in [0.25, 0.3) is 0 Å². The van der Waals surface area contributed by atoms with Crippen molar-refractivity contribution in [3.8, 4) is 0 Å². The van der Waals surface area contributed by atoms with Crippen LogP contribution >= 0.6 is 0 Å². The number of rotatable bonds is 6. The number of carbonyl (C=O) groups excluding carboxylic acids is 3. The summed E-state index contributed by atoms with van der Waals surface area (Å²) < 4.78 is 5.15. The molecule has 7 heteroatoms. The first-order chi connectivity index (χ1) is 12.0. The lowest BCUT2D eigenvalue weighted by atomic mass is 9.90. The molecule has 0 radical (unpaired) electrons. The Hall–Kier alpha value is -2.80. The molecule has 2 atom stereocenters. The van der Waals surface area contributed by atoms with E-state index < -0.39 is 29.4 Å². The van der Waals surface area contributed by atoms with Crippen molar-refractivity contribution in [3.63, 3.8) is 0 Å². The van der Waals surface area contributed by atoms with E-state index in [9.17, 15) is 14.4 Å². The van der Waals surface area contributed by atoms with Crippen LogP contribution in [-0.4, -0.2) is 54.5 Å². The van der Waals surface area contributed by atoms with Crippen LogP contribution in [0.15, 0.2) is 47.2 Å². The number of nitrogens with zero attached hydrogens (tertiary/aromatic N) is 2. The molecule has 0 bridgehead atoms. The zero-order valence-electron chi connectivity index (χ0n) is 14.1. The number of Topliss-reactive ketones (excluding diaryl/α,β-unsaturated/α-hetero) is 2. The quantitative estimate of drug-likeness (QED) is 0.445. The van der Waals surface area contributed by atoms with Crippen molar-refractivity contribution in [1.82, 2.24) is 9.88 Å². The molecule has 1 aliphatic rings. The summed E-state index contributed by atoms with van der Waals surface area (Å²) in [6.07, 6.45) is 2.96. The average Bonchev–Trinajstić information content (AvgIpc) is 3.22. The van der Waals surface area contributed by atoms with Gasteiger partial charge in [-0.05, 0) is 24.3 Å². The molecule has 1 saturated heterocycles. The summed E-state index contributed by atoms with van der Waals surface area (Å²) in [5.74, 6) is -2.89. The van der Waals surface area contributed by atoms with E-state index in [0.29, 0.717) is 18.8 Å². The first-order valence-corrected chi connectivity index (χ1v) is 8.13. The number of pyridine rings is 1. The molecule has 25 heavy (non-hydrogen) atoms. The van der Waals surface area contributed by atoms with Crippen LogP contribution in [-0.2, 0) is 9.59 Å². The number of amides is 1. The molecule has 2 aromatic heterocycles. The van der Waals surface area contributed by atoms with Crippen LogP contribution in [0.3, 0.4) is 0 Å². The molecule has 0 aliphatic carbocycles. The summed E-state index contributed by atoms with van der Waals surface area (Å²) in [4.78, 5) is 44.8. The predicted octanol–water partition coefficient (Wildman–Crippen LogP) is -0.229. The average molecular weight is 342 g/mol. The zero-order chi connectivity index (χ0) is 18.0. The number of carbonyl (C=O) groups is 3. The summed E-state index contributed by atoms with van der Waals surface area (Å²) in [5.41, 5.74) is 0.528. The smallest absolute Gasteiger partial charge is 0.291 e. The molecule has 1 aliphatic heterocycles. The number of nitrogens with one attached hydrogen (secondary N) is 1. The minimum Gasteiger partial charge on any atom is -0.461 e. The Morgan fingerprint density at radius 2 is 2.04 bits per heavy atom. The number of likely N-dealkylation sites (N-methyl/N-ethyl adjacent to an activating group) is 1. The molecule has 7 nitrogen and oxygen atoms in total. The summed E-state index contributed by atoms with van der Waals surface area (Å²) in [6, 6.07) is 7.63. The Morgan fingerprint density at radius 1 is 1.24 bits per heavy atom. The van der Waals surface area contributed by atoms with E-state index in [2.05, 4.69) is 4.98 Å². The molecular formula is C18H20N3O4+. The van der Waals surface area contributed by atoms with Crippen LogP contribution in [0.4, 0.5) is 0 Å². The summed E-state index contributed by atoms with van der Waals surface area (Å²) in [6.45, 7) is 1.03. The highest BCUT2D eigenvalue weighted by atomic mass is 16.3. The van der Waals surface area contributed by atoms with Gasteiger partial charge in [0, 0.05) is 6.20 Å². The number of likely N-dealkylation sites (tertiary alicyclic amines) is 1. The number of furan rings is 1. The Morgan fingerprint density at radius 3 is 2.64 bits per heavy atom. The van der Waals surface area contributed by atoms with Gasteiger partial charge in [0.15, 0.2) is 5.76 Å². The van der Waals surface area contributed by atoms with Crippen LogP contribution in [0, 0.1) is 5.92 Å². The van der Waals surface area contributed by atoms with Crippen molar-refractivity contribution >= 4 is 17.5 Å². The summed E-state index contributed by atoms with van der Waals surface area (Å²) >= 11 is 0. The Balaban J connectivity index is 2.01. The first-order valence-electron chi connectivity index (χ1n) is 8.13. The van der Waals surface area contributed by atoms with E-state index in [1.54, 1.807) is 30.5 Å². The molecule has 2 aromatic rings. The molecule has 0 aromatic carbocycles. The second kappa shape index (κ2) is 6.98. The largest absolute Gasteiger partial charge is 0.461 e. The van der Waals surface area contributed by atoms with Gasteiger partial charge in [-0.1, -0.05) is 6.07 Å². The maximum atomic E-state index is 12.8. The van der Waals surface area contributed by atoms with Gasteiger partial charge < -0.3 is 14.2 Å². The number of aromatic nitrogens is 1. The molecule has 0 spiro atoms. The van der Waals surface area contributed by atoms with Crippen LogP contribution < -0.4 is 4.90 Å². The van der Waals surface area contributed by atoms with Gasteiger partial charge in [-0.3, -0.25) is 19.4 Å². The lowest BCUT2D eigenvalue weighted by Gasteiger charge is -2.26. The second-order valence-corrected chi connectivity index (χ2v) is 6.34. The SMILES string of the molecule is C[NH+](C)CCN1C(=O)C(=O)C(C(=O)c2ccco2)C1c1ccccn1. The number of ketones is 2. The maximum Gasteiger partial charge on any atom is 0.291 e. The highest BCUT2D eigenvalue weighted by Crippen LogP contribution is 2.36. The molecule has 1 fully saturated rings. The molecule has 3 heterocycles. The van der Waals surface area contributed by atoms with E-state index in [1.807, 2.05) is 14.1 Å². The zero-order valence-corrected chi connectivity index (χ0v) is 14.1. The predicted molar refractivity (Wildman–Crippen MR) is 87.9 cm³/mol. The van der Waals surface area contributed by atoms with Gasteiger partial charge in [0.1, 0.15) is 5.92 Å². The van der Waals surface area contributed by atoms with Gasteiger partial charge in [0.2, 0.25) is 11.6 Å². The van der Waals surface area contributed by atoms with E-state index in [0.717, 1.165) is 4.90 Å². The number of hydrogen-bond acceptors (Lipinski definition) is 5. The third kappa shape index (κ3) is 3.23. The van der Waals surface area contributed by atoms with Crippen molar-refractivity contribution in [2.75, 3.05) is 27.2 Å². The van der Waals surface area contributed by atoms with Crippen molar-refractivity contribution < 1.29 is 23.7 Å². The highest BCUT2D eigenvalue weighted by Gasteiger charge is 2.52. The third-order valence-corrected chi connectivity index (χ3v) is 4.30. The number of hydrogen-bond donors (Lipinski definition) is 1. The minimum atomic E-state index is -1.13. The van der Waals surface area contributed by atoms with E-state index in [1.165, 1.54) is 17.2 Å².